The molecule has 1 aliphatic carbocycles. The maximum absolute atomic E-state index is 13.3. The zero-order chi connectivity index (χ0) is 21.7. The summed E-state index contributed by atoms with van der Waals surface area (Å²) < 4.78 is 28.5. The molecule has 1 heterocycles. The molecule has 0 aliphatic heterocycles. The van der Waals surface area contributed by atoms with Crippen LogP contribution in [0, 0.1) is 17.6 Å². The lowest BCUT2D eigenvalue weighted by molar-refractivity contribution is -0.126. The number of carbonyl (C=O) groups is 2. The topological polar surface area (TPSA) is 96.2 Å². The first-order valence-electron chi connectivity index (χ1n) is 10.1. The number of carbonyl (C=O) groups excluding carboxylic acids is 2. The van der Waals surface area contributed by atoms with Crippen molar-refractivity contribution in [3.8, 4) is 0 Å². The predicted molar refractivity (Wildman–Crippen MR) is 107 cm³/mol. The van der Waals surface area contributed by atoms with Gasteiger partial charge in [-0.25, -0.2) is 13.8 Å². The Kier molecular flexibility index (Phi) is 7.15. The number of aromatic nitrogens is 2. The first kappa shape index (κ1) is 21.9. The lowest BCUT2D eigenvalue weighted by Crippen LogP contribution is -2.44. The number of rotatable bonds is 9. The van der Waals surface area contributed by atoms with Gasteiger partial charge in [0.15, 0.2) is 5.82 Å². The van der Waals surface area contributed by atoms with E-state index in [1.807, 2.05) is 11.5 Å². The molecule has 3 N–H and O–H groups in total. The van der Waals surface area contributed by atoms with Crippen LogP contribution in [0.1, 0.15) is 44.2 Å². The number of aliphatic hydroxyl groups is 1. The van der Waals surface area contributed by atoms with Crippen LogP contribution in [0.25, 0.3) is 0 Å². The molecular weight excluding hydrogens is 394 g/mol. The van der Waals surface area contributed by atoms with Gasteiger partial charge in [0.05, 0.1) is 12.7 Å². The van der Waals surface area contributed by atoms with Gasteiger partial charge >= 0.3 is 0 Å². The summed E-state index contributed by atoms with van der Waals surface area (Å²) in [5.41, 5.74) is 0.193. The summed E-state index contributed by atoms with van der Waals surface area (Å²) in [6, 6.07) is 2.29. The Labute approximate surface area is 173 Å². The molecule has 3 rings (SSSR count). The minimum Gasteiger partial charge on any atom is -0.396 e. The van der Waals surface area contributed by atoms with Gasteiger partial charge in [-0.05, 0) is 37.0 Å². The first-order chi connectivity index (χ1) is 14.4. The molecule has 2 unspecified atom stereocenters. The molecular formula is C21H26F2N4O3. The Hall–Kier alpha value is -2.81. The number of hydrogen-bond acceptors (Lipinski definition) is 4. The van der Waals surface area contributed by atoms with E-state index in [-0.39, 0.29) is 30.6 Å². The summed E-state index contributed by atoms with van der Waals surface area (Å²) in [4.78, 5) is 29.1. The normalized spacial score (nSPS) is 19.1. The molecule has 1 fully saturated rings. The highest BCUT2D eigenvalue weighted by Crippen LogP contribution is 2.38. The zero-order valence-electron chi connectivity index (χ0n) is 16.8. The fourth-order valence-electron chi connectivity index (χ4n) is 3.65. The van der Waals surface area contributed by atoms with Crippen LogP contribution in [-0.4, -0.2) is 39.1 Å². The number of hydrogen-bond donors (Lipinski definition) is 3. The highest BCUT2D eigenvalue weighted by atomic mass is 19.1. The van der Waals surface area contributed by atoms with Crippen molar-refractivity contribution in [1.29, 1.82) is 0 Å². The molecule has 0 spiro atoms. The molecule has 3 atom stereocenters. The molecule has 1 saturated carbocycles. The Bertz CT molecular complexity index is 880. The van der Waals surface area contributed by atoms with Gasteiger partial charge in [0.2, 0.25) is 11.8 Å². The van der Waals surface area contributed by atoms with Crippen LogP contribution >= 0.6 is 0 Å². The second-order valence-electron chi connectivity index (χ2n) is 7.65. The second kappa shape index (κ2) is 9.80. The van der Waals surface area contributed by atoms with Gasteiger partial charge in [-0.15, -0.1) is 0 Å². The molecule has 7 nitrogen and oxygen atoms in total. The highest BCUT2D eigenvalue weighted by Gasteiger charge is 2.31. The minimum absolute atomic E-state index is 0.115. The summed E-state index contributed by atoms with van der Waals surface area (Å²) in [6.45, 7) is 2.00. The van der Waals surface area contributed by atoms with Crippen LogP contribution < -0.4 is 10.6 Å². The third-order valence-electron chi connectivity index (χ3n) is 5.36. The number of nitrogens with zero attached hydrogens (tertiary/aromatic N) is 2. The summed E-state index contributed by atoms with van der Waals surface area (Å²) >= 11 is 0. The van der Waals surface area contributed by atoms with Gasteiger partial charge in [0.25, 0.3) is 0 Å². The molecule has 0 bridgehead atoms. The Morgan fingerprint density at radius 1 is 1.27 bits per heavy atom. The molecule has 1 aromatic heterocycles. The summed E-state index contributed by atoms with van der Waals surface area (Å²) in [5, 5.41) is 14.7. The van der Waals surface area contributed by atoms with Crippen molar-refractivity contribution in [3.63, 3.8) is 0 Å². The van der Waals surface area contributed by atoms with Crippen molar-refractivity contribution < 1.29 is 23.5 Å². The van der Waals surface area contributed by atoms with E-state index in [1.165, 1.54) is 0 Å². The maximum Gasteiger partial charge on any atom is 0.248 e. The van der Waals surface area contributed by atoms with Crippen molar-refractivity contribution in [3.05, 3.63) is 47.9 Å². The van der Waals surface area contributed by atoms with Gasteiger partial charge in [-0.1, -0.05) is 13.3 Å². The lowest BCUT2D eigenvalue weighted by Gasteiger charge is -2.36. The third-order valence-corrected chi connectivity index (χ3v) is 5.36. The number of benzene rings is 1. The van der Waals surface area contributed by atoms with Crippen LogP contribution in [0.4, 0.5) is 14.6 Å². The van der Waals surface area contributed by atoms with Gasteiger partial charge < -0.3 is 20.3 Å². The minimum atomic E-state index is -0.792. The Balaban J connectivity index is 1.59. The van der Waals surface area contributed by atoms with E-state index in [4.69, 9.17) is 0 Å². The average molecular weight is 420 g/mol. The van der Waals surface area contributed by atoms with E-state index in [0.29, 0.717) is 18.7 Å². The third kappa shape index (κ3) is 5.41. The van der Waals surface area contributed by atoms with E-state index in [9.17, 15) is 23.5 Å². The fourth-order valence-corrected chi connectivity index (χ4v) is 3.65. The van der Waals surface area contributed by atoms with Crippen LogP contribution in [0.2, 0.25) is 0 Å². The van der Waals surface area contributed by atoms with Crippen molar-refractivity contribution >= 4 is 17.6 Å². The molecule has 2 amide bonds. The molecule has 0 radical (unpaired) electrons. The quantitative estimate of drug-likeness (QED) is 0.581. The number of halogens is 2. The van der Waals surface area contributed by atoms with Crippen molar-refractivity contribution in [2.24, 2.45) is 5.92 Å². The number of amides is 2. The van der Waals surface area contributed by atoms with Gasteiger partial charge in [-0.2, -0.15) is 0 Å². The van der Waals surface area contributed by atoms with Crippen molar-refractivity contribution in [1.82, 2.24) is 14.9 Å². The number of aliphatic hydroxyl groups excluding tert-OH is 1. The van der Waals surface area contributed by atoms with Crippen LogP contribution in [0.3, 0.4) is 0 Å². The molecule has 1 aliphatic rings. The highest BCUT2D eigenvalue weighted by molar-refractivity contribution is 5.96. The van der Waals surface area contributed by atoms with Crippen LogP contribution in [0.5, 0.6) is 0 Å². The molecule has 9 heteroatoms. The van der Waals surface area contributed by atoms with Gasteiger partial charge in [0.1, 0.15) is 17.7 Å². The van der Waals surface area contributed by atoms with Crippen molar-refractivity contribution in [2.75, 3.05) is 11.9 Å². The smallest absolute Gasteiger partial charge is 0.248 e. The van der Waals surface area contributed by atoms with E-state index < -0.39 is 29.5 Å². The van der Waals surface area contributed by atoms with Crippen molar-refractivity contribution in [2.45, 2.75) is 51.1 Å². The fraction of sp³-hybridized carbons (Fsp3) is 0.476. The van der Waals surface area contributed by atoms with E-state index in [2.05, 4.69) is 15.6 Å². The van der Waals surface area contributed by atoms with E-state index in [0.717, 1.165) is 31.0 Å². The number of imidazole rings is 1. The summed E-state index contributed by atoms with van der Waals surface area (Å²) in [5.74, 6) is -1.86. The van der Waals surface area contributed by atoms with E-state index in [1.54, 1.807) is 12.5 Å². The van der Waals surface area contributed by atoms with Gasteiger partial charge in [-0.3, -0.25) is 9.59 Å². The summed E-state index contributed by atoms with van der Waals surface area (Å²) in [6.07, 6.45) is 6.07. The van der Waals surface area contributed by atoms with Crippen LogP contribution in [0.15, 0.2) is 30.7 Å². The summed E-state index contributed by atoms with van der Waals surface area (Å²) in [7, 11) is 0. The first-order valence-corrected chi connectivity index (χ1v) is 10.1. The molecule has 0 saturated heterocycles. The Morgan fingerprint density at radius 3 is 2.60 bits per heavy atom. The average Bonchev–Trinajstić information content (AvgIpc) is 3.07. The zero-order valence-corrected chi connectivity index (χ0v) is 16.8. The number of nitrogens with one attached hydrogen (secondary N) is 2. The monoisotopic (exact) mass is 420 g/mol. The van der Waals surface area contributed by atoms with Gasteiger partial charge in [0, 0.05) is 30.8 Å². The molecule has 1 aromatic carbocycles. The molecule has 30 heavy (non-hydrogen) atoms. The largest absolute Gasteiger partial charge is 0.396 e. The predicted octanol–water partition coefficient (Wildman–Crippen LogP) is 2.57. The van der Waals surface area contributed by atoms with E-state index >= 15 is 0 Å². The standard InChI is InChI=1S/C21H26F2N4O3/c1-2-3-17(25-20(29)8-13-6-15(22)9-16(23)7-13)21(30)26-19-10-27(12-24-19)18-5-4-14(18)11-28/h6-7,9-10,12,14,17-18,28H,2-5,8,11H2,1H3,(H,25,29)(H,26,30)/t14?,17-,18?/m0/s1. The molecule has 162 valence electrons. The second-order valence-corrected chi connectivity index (χ2v) is 7.65. The maximum atomic E-state index is 13.3. The number of anilines is 1. The lowest BCUT2D eigenvalue weighted by atomic mass is 9.80. The Morgan fingerprint density at radius 2 is 2.00 bits per heavy atom. The molecule has 2 aromatic rings. The van der Waals surface area contributed by atoms with Crippen LogP contribution in [-0.2, 0) is 16.0 Å². The SMILES string of the molecule is CCC[C@H](NC(=O)Cc1cc(F)cc(F)c1)C(=O)Nc1cn(C2CCC2CO)cn1.